The molecular formula is C16H14BrNO2. The molecule has 2 aromatic rings. The number of benzene rings is 2. The molecule has 0 aliphatic heterocycles. The monoisotopic (exact) mass is 331 g/mol. The van der Waals surface area contributed by atoms with Crippen LogP contribution in [0.2, 0.25) is 0 Å². The van der Waals surface area contributed by atoms with Gasteiger partial charge in [-0.3, -0.25) is 4.79 Å². The summed E-state index contributed by atoms with van der Waals surface area (Å²) in [5, 5.41) is 3.23. The third kappa shape index (κ3) is 3.48. The zero-order chi connectivity index (χ0) is 14.4. The van der Waals surface area contributed by atoms with Crippen molar-refractivity contribution in [3.63, 3.8) is 0 Å². The molecule has 0 spiro atoms. The summed E-state index contributed by atoms with van der Waals surface area (Å²) in [4.78, 5) is 10.8. The van der Waals surface area contributed by atoms with Crippen molar-refractivity contribution in [2.24, 2.45) is 0 Å². The third-order valence-corrected chi connectivity index (χ3v) is 3.40. The highest BCUT2D eigenvalue weighted by Gasteiger charge is 2.05. The first-order chi connectivity index (χ1) is 9.74. The number of aldehydes is 1. The molecule has 0 amide bonds. The van der Waals surface area contributed by atoms with Crippen LogP contribution in [0.1, 0.15) is 5.56 Å². The van der Waals surface area contributed by atoms with E-state index in [0.29, 0.717) is 0 Å². The molecule has 0 aliphatic rings. The highest BCUT2D eigenvalue weighted by molar-refractivity contribution is 9.10. The van der Waals surface area contributed by atoms with E-state index in [1.807, 2.05) is 48.5 Å². The van der Waals surface area contributed by atoms with Crippen molar-refractivity contribution in [1.29, 1.82) is 0 Å². The Hall–Kier alpha value is -2.07. The van der Waals surface area contributed by atoms with Crippen LogP contribution in [0.15, 0.2) is 59.1 Å². The summed E-state index contributed by atoms with van der Waals surface area (Å²) in [5.41, 5.74) is 2.54. The van der Waals surface area contributed by atoms with Crippen LogP contribution in [0.5, 0.6) is 5.75 Å². The maximum atomic E-state index is 10.8. The molecule has 3 nitrogen and oxygen atoms in total. The van der Waals surface area contributed by atoms with E-state index in [-0.39, 0.29) is 0 Å². The molecule has 2 aromatic carbocycles. The number of carbonyl (C=O) groups is 1. The van der Waals surface area contributed by atoms with Crippen molar-refractivity contribution < 1.29 is 9.53 Å². The van der Waals surface area contributed by atoms with Gasteiger partial charge in [0.15, 0.2) is 0 Å². The Labute approximate surface area is 126 Å². The molecule has 0 saturated heterocycles. The summed E-state index contributed by atoms with van der Waals surface area (Å²) in [6.07, 6.45) is 2.27. The number of ether oxygens (including phenoxy) is 1. The molecule has 0 radical (unpaired) electrons. The minimum Gasteiger partial charge on any atom is -0.495 e. The standard InChI is InChI=1S/C16H14BrNO2/c1-20-16-11-13(7-8-14(16)17)18-15(9-10-19)12-5-3-2-4-6-12/h2-11,18H,1H3/b15-9-. The molecule has 0 atom stereocenters. The first-order valence-corrected chi connectivity index (χ1v) is 6.85. The van der Waals surface area contributed by atoms with Crippen molar-refractivity contribution in [2.45, 2.75) is 0 Å². The van der Waals surface area contributed by atoms with E-state index in [4.69, 9.17) is 4.74 Å². The average molecular weight is 332 g/mol. The van der Waals surface area contributed by atoms with Gasteiger partial charge in [0.05, 0.1) is 11.6 Å². The van der Waals surface area contributed by atoms with Crippen LogP contribution in [0.25, 0.3) is 5.70 Å². The summed E-state index contributed by atoms with van der Waals surface area (Å²) in [7, 11) is 1.61. The van der Waals surface area contributed by atoms with Crippen LogP contribution < -0.4 is 10.1 Å². The predicted molar refractivity (Wildman–Crippen MR) is 84.8 cm³/mol. The van der Waals surface area contributed by atoms with E-state index < -0.39 is 0 Å². The van der Waals surface area contributed by atoms with Gasteiger partial charge >= 0.3 is 0 Å². The number of methoxy groups -OCH3 is 1. The fourth-order valence-corrected chi connectivity index (χ4v) is 2.20. The van der Waals surface area contributed by atoms with Gasteiger partial charge in [0.25, 0.3) is 0 Å². The van der Waals surface area contributed by atoms with Crippen LogP contribution in [-0.2, 0) is 4.79 Å². The van der Waals surface area contributed by atoms with E-state index in [0.717, 1.165) is 33.5 Å². The lowest BCUT2D eigenvalue weighted by Crippen LogP contribution is -1.99. The first kappa shape index (κ1) is 14.3. The predicted octanol–water partition coefficient (Wildman–Crippen LogP) is 4.11. The van der Waals surface area contributed by atoms with Gasteiger partial charge in [0, 0.05) is 23.5 Å². The lowest BCUT2D eigenvalue weighted by atomic mass is 10.1. The van der Waals surface area contributed by atoms with E-state index in [1.54, 1.807) is 7.11 Å². The van der Waals surface area contributed by atoms with Gasteiger partial charge in [-0.1, -0.05) is 30.3 Å². The largest absolute Gasteiger partial charge is 0.495 e. The number of rotatable bonds is 5. The SMILES string of the molecule is COc1cc(N/C(=C\C=O)c2ccccc2)ccc1Br. The lowest BCUT2D eigenvalue weighted by molar-refractivity contribution is -0.104. The summed E-state index contributed by atoms with van der Waals surface area (Å²) in [6, 6.07) is 15.3. The van der Waals surface area contributed by atoms with E-state index >= 15 is 0 Å². The van der Waals surface area contributed by atoms with Crippen molar-refractivity contribution in [3.05, 3.63) is 64.6 Å². The molecule has 20 heavy (non-hydrogen) atoms. The first-order valence-electron chi connectivity index (χ1n) is 6.06. The highest BCUT2D eigenvalue weighted by Crippen LogP contribution is 2.29. The number of hydrogen-bond donors (Lipinski definition) is 1. The van der Waals surface area contributed by atoms with Gasteiger partial charge in [0.2, 0.25) is 0 Å². The zero-order valence-electron chi connectivity index (χ0n) is 11.0. The Balaban J connectivity index is 2.30. The molecule has 2 rings (SSSR count). The Morgan fingerprint density at radius 1 is 1.20 bits per heavy atom. The summed E-state index contributed by atoms with van der Waals surface area (Å²) < 4.78 is 6.14. The molecular weight excluding hydrogens is 318 g/mol. The maximum Gasteiger partial charge on any atom is 0.144 e. The molecule has 0 aromatic heterocycles. The third-order valence-electron chi connectivity index (χ3n) is 2.75. The van der Waals surface area contributed by atoms with E-state index in [2.05, 4.69) is 21.2 Å². The molecule has 4 heteroatoms. The minimum absolute atomic E-state index is 0.730. The lowest BCUT2D eigenvalue weighted by Gasteiger charge is -2.12. The highest BCUT2D eigenvalue weighted by atomic mass is 79.9. The van der Waals surface area contributed by atoms with Gasteiger partial charge in [-0.2, -0.15) is 0 Å². The molecule has 102 valence electrons. The summed E-state index contributed by atoms with van der Waals surface area (Å²) in [5.74, 6) is 0.730. The van der Waals surface area contributed by atoms with Crippen molar-refractivity contribution in [3.8, 4) is 5.75 Å². The van der Waals surface area contributed by atoms with Crippen molar-refractivity contribution in [2.75, 3.05) is 12.4 Å². The van der Waals surface area contributed by atoms with Gasteiger partial charge in [-0.05, 0) is 33.6 Å². The average Bonchev–Trinajstić information content (AvgIpc) is 2.49. The Bertz CT molecular complexity index is 624. The second-order valence-corrected chi connectivity index (χ2v) is 4.91. The normalized spacial score (nSPS) is 11.0. The minimum atomic E-state index is 0.730. The maximum absolute atomic E-state index is 10.8. The van der Waals surface area contributed by atoms with Gasteiger partial charge in [-0.25, -0.2) is 0 Å². The van der Waals surface area contributed by atoms with Crippen LogP contribution in [0.4, 0.5) is 5.69 Å². The molecule has 1 N–H and O–H groups in total. The topological polar surface area (TPSA) is 38.3 Å². The van der Waals surface area contributed by atoms with E-state index in [9.17, 15) is 4.79 Å². The fraction of sp³-hybridized carbons (Fsp3) is 0.0625. The van der Waals surface area contributed by atoms with Crippen LogP contribution >= 0.6 is 15.9 Å². The molecule has 0 aliphatic carbocycles. The van der Waals surface area contributed by atoms with E-state index in [1.165, 1.54) is 6.08 Å². The molecule has 0 unspecified atom stereocenters. The number of nitrogens with one attached hydrogen (secondary N) is 1. The zero-order valence-corrected chi connectivity index (χ0v) is 12.6. The van der Waals surface area contributed by atoms with Crippen molar-refractivity contribution >= 4 is 33.6 Å². The number of carbonyl (C=O) groups excluding carboxylic acids is 1. The van der Waals surface area contributed by atoms with Gasteiger partial charge in [-0.15, -0.1) is 0 Å². The number of anilines is 1. The summed E-state index contributed by atoms with van der Waals surface area (Å²) in [6.45, 7) is 0. The second-order valence-electron chi connectivity index (χ2n) is 4.06. The quantitative estimate of drug-likeness (QED) is 0.661. The second kappa shape index (κ2) is 6.91. The molecule has 0 heterocycles. The van der Waals surface area contributed by atoms with Crippen molar-refractivity contribution in [1.82, 2.24) is 0 Å². The van der Waals surface area contributed by atoms with Gasteiger partial charge < -0.3 is 10.1 Å². The fourth-order valence-electron chi connectivity index (χ4n) is 1.79. The van der Waals surface area contributed by atoms with Crippen LogP contribution in [0, 0.1) is 0 Å². The Morgan fingerprint density at radius 2 is 1.95 bits per heavy atom. The molecule has 0 fully saturated rings. The number of allylic oxidation sites excluding steroid dienone is 1. The van der Waals surface area contributed by atoms with Crippen LogP contribution in [-0.4, -0.2) is 13.4 Å². The Morgan fingerprint density at radius 3 is 2.60 bits per heavy atom. The molecule has 0 saturated carbocycles. The summed E-state index contributed by atoms with van der Waals surface area (Å²) >= 11 is 3.41. The number of halogens is 1. The number of hydrogen-bond acceptors (Lipinski definition) is 3. The molecule has 0 bridgehead atoms. The van der Waals surface area contributed by atoms with Crippen LogP contribution in [0.3, 0.4) is 0 Å². The smallest absolute Gasteiger partial charge is 0.144 e. The van der Waals surface area contributed by atoms with Gasteiger partial charge in [0.1, 0.15) is 12.0 Å². The Kier molecular flexibility index (Phi) is 4.96.